The first-order valence-electron chi connectivity index (χ1n) is 12.4. The summed E-state index contributed by atoms with van der Waals surface area (Å²) >= 11 is 0. The van der Waals surface area contributed by atoms with Crippen LogP contribution < -0.4 is 5.32 Å². The monoisotopic (exact) mass is 498 g/mol. The molecule has 4 rings (SSSR count). The molecule has 1 aromatic heterocycles. The zero-order valence-electron chi connectivity index (χ0n) is 20.5. The third kappa shape index (κ3) is 5.91. The number of carbonyl (C=O) groups excluding carboxylic acids is 1. The Morgan fingerprint density at radius 1 is 1.06 bits per heavy atom. The van der Waals surface area contributed by atoms with Crippen LogP contribution in [0, 0.1) is 0 Å². The fourth-order valence-corrected chi connectivity index (χ4v) is 5.81. The largest absolute Gasteiger partial charge is 0.379 e. The number of hydrogen-bond donors (Lipinski definition) is 1. The Labute approximate surface area is 207 Å². The summed E-state index contributed by atoms with van der Waals surface area (Å²) in [4.78, 5) is 17.5. The van der Waals surface area contributed by atoms with Gasteiger partial charge in [0.05, 0.1) is 29.1 Å². The van der Waals surface area contributed by atoms with Crippen molar-refractivity contribution in [1.82, 2.24) is 13.9 Å². The lowest BCUT2D eigenvalue weighted by Crippen LogP contribution is -2.40. The molecule has 35 heavy (non-hydrogen) atoms. The number of aryl methyl sites for hydroxylation is 3. The average Bonchev–Trinajstić information content (AvgIpc) is 3.24. The second kappa shape index (κ2) is 11.3. The molecule has 0 aliphatic carbocycles. The molecular weight excluding hydrogens is 464 g/mol. The van der Waals surface area contributed by atoms with Crippen molar-refractivity contribution in [2.75, 3.05) is 31.6 Å². The van der Waals surface area contributed by atoms with E-state index in [0.717, 1.165) is 36.3 Å². The molecule has 188 valence electrons. The molecule has 2 aromatic carbocycles. The molecule has 0 spiro atoms. The SMILES string of the molecule is CCCCc1ccc(NC(=O)CCc2nc3cc(S(=O)(=O)N4CCOCC4)ccc3n2CC)cc1. The van der Waals surface area contributed by atoms with E-state index in [9.17, 15) is 13.2 Å². The third-order valence-electron chi connectivity index (χ3n) is 6.36. The van der Waals surface area contributed by atoms with Gasteiger partial charge in [-0.2, -0.15) is 4.31 Å². The van der Waals surface area contributed by atoms with Gasteiger partial charge in [0.2, 0.25) is 15.9 Å². The van der Waals surface area contributed by atoms with Crippen LogP contribution in [0.2, 0.25) is 0 Å². The Kier molecular flexibility index (Phi) is 8.20. The topological polar surface area (TPSA) is 93.5 Å². The maximum atomic E-state index is 13.0. The average molecular weight is 499 g/mol. The fourth-order valence-electron chi connectivity index (χ4n) is 4.38. The molecule has 1 aliphatic rings. The molecule has 0 unspecified atom stereocenters. The van der Waals surface area contributed by atoms with Crippen molar-refractivity contribution < 1.29 is 17.9 Å². The van der Waals surface area contributed by atoms with Gasteiger partial charge in [0.15, 0.2) is 0 Å². The second-order valence-electron chi connectivity index (χ2n) is 8.79. The van der Waals surface area contributed by atoms with Gasteiger partial charge in [-0.25, -0.2) is 13.4 Å². The number of nitrogens with zero attached hydrogens (tertiary/aromatic N) is 3. The summed E-state index contributed by atoms with van der Waals surface area (Å²) in [5, 5.41) is 2.96. The molecule has 0 atom stereocenters. The molecule has 0 radical (unpaired) electrons. The maximum Gasteiger partial charge on any atom is 0.243 e. The van der Waals surface area contributed by atoms with Crippen LogP contribution in [0.3, 0.4) is 0 Å². The van der Waals surface area contributed by atoms with Crippen molar-refractivity contribution in [3.05, 3.63) is 53.9 Å². The van der Waals surface area contributed by atoms with Crippen LogP contribution in [0.25, 0.3) is 11.0 Å². The first-order valence-corrected chi connectivity index (χ1v) is 13.8. The number of unbranched alkanes of at least 4 members (excludes halogenated alkanes) is 1. The van der Waals surface area contributed by atoms with Crippen LogP contribution in [-0.4, -0.2) is 54.5 Å². The van der Waals surface area contributed by atoms with Gasteiger partial charge >= 0.3 is 0 Å². The lowest BCUT2D eigenvalue weighted by atomic mass is 10.1. The highest BCUT2D eigenvalue weighted by Crippen LogP contribution is 2.24. The zero-order chi connectivity index (χ0) is 24.8. The van der Waals surface area contributed by atoms with E-state index in [1.165, 1.54) is 9.87 Å². The van der Waals surface area contributed by atoms with E-state index in [1.54, 1.807) is 12.1 Å². The molecule has 9 heteroatoms. The minimum Gasteiger partial charge on any atom is -0.379 e. The first-order chi connectivity index (χ1) is 16.9. The Balaban J connectivity index is 1.44. The van der Waals surface area contributed by atoms with Crippen LogP contribution in [0.4, 0.5) is 5.69 Å². The van der Waals surface area contributed by atoms with Crippen LogP contribution in [-0.2, 0) is 38.9 Å². The van der Waals surface area contributed by atoms with Crippen molar-refractivity contribution >= 4 is 32.7 Å². The molecule has 1 N–H and O–H groups in total. The number of benzene rings is 2. The normalized spacial score (nSPS) is 14.9. The van der Waals surface area contributed by atoms with Gasteiger partial charge in [-0.05, 0) is 55.7 Å². The molecule has 1 saturated heterocycles. The number of anilines is 1. The number of sulfonamides is 1. The summed E-state index contributed by atoms with van der Waals surface area (Å²) in [5.41, 5.74) is 3.56. The van der Waals surface area contributed by atoms with Gasteiger partial charge in [-0.3, -0.25) is 4.79 Å². The van der Waals surface area contributed by atoms with Gasteiger partial charge in [0.1, 0.15) is 5.82 Å². The van der Waals surface area contributed by atoms with Crippen LogP contribution >= 0.6 is 0 Å². The molecule has 0 saturated carbocycles. The molecule has 1 aliphatic heterocycles. The van der Waals surface area contributed by atoms with E-state index in [2.05, 4.69) is 24.4 Å². The Morgan fingerprint density at radius 3 is 2.49 bits per heavy atom. The number of imidazole rings is 1. The predicted molar refractivity (Wildman–Crippen MR) is 137 cm³/mol. The lowest BCUT2D eigenvalue weighted by molar-refractivity contribution is -0.116. The molecule has 1 fully saturated rings. The number of fused-ring (bicyclic) bond motifs is 1. The Bertz CT molecular complexity index is 1260. The van der Waals surface area contributed by atoms with Crippen molar-refractivity contribution in [3.63, 3.8) is 0 Å². The number of nitrogens with one attached hydrogen (secondary N) is 1. The number of hydrogen-bond acceptors (Lipinski definition) is 5. The number of ether oxygens (including phenoxy) is 1. The number of aromatic nitrogens is 2. The van der Waals surface area contributed by atoms with Gasteiger partial charge in [0, 0.05) is 38.2 Å². The quantitative estimate of drug-likeness (QED) is 0.456. The summed E-state index contributed by atoms with van der Waals surface area (Å²) in [5.74, 6) is 0.699. The summed E-state index contributed by atoms with van der Waals surface area (Å²) < 4.78 is 34.8. The van der Waals surface area contributed by atoms with E-state index in [1.807, 2.05) is 29.7 Å². The van der Waals surface area contributed by atoms with Crippen molar-refractivity contribution in [3.8, 4) is 0 Å². The summed E-state index contributed by atoms with van der Waals surface area (Å²) in [6.45, 7) is 6.39. The Hall–Kier alpha value is -2.75. The third-order valence-corrected chi connectivity index (χ3v) is 8.25. The molecule has 1 amide bonds. The Morgan fingerprint density at radius 2 is 1.80 bits per heavy atom. The summed E-state index contributed by atoms with van der Waals surface area (Å²) in [6.07, 6.45) is 4.12. The van der Waals surface area contributed by atoms with Gasteiger partial charge in [0.25, 0.3) is 0 Å². The number of morpholine rings is 1. The molecule has 3 aromatic rings. The zero-order valence-corrected chi connectivity index (χ0v) is 21.3. The van der Waals surface area contributed by atoms with Crippen LogP contribution in [0.5, 0.6) is 0 Å². The van der Waals surface area contributed by atoms with E-state index in [-0.39, 0.29) is 10.8 Å². The highest BCUT2D eigenvalue weighted by Gasteiger charge is 2.27. The minimum atomic E-state index is -3.59. The summed E-state index contributed by atoms with van der Waals surface area (Å²) in [7, 11) is -3.59. The van der Waals surface area contributed by atoms with Crippen molar-refractivity contribution in [2.45, 2.75) is 57.4 Å². The van der Waals surface area contributed by atoms with Crippen molar-refractivity contribution in [2.24, 2.45) is 0 Å². The van der Waals surface area contributed by atoms with Gasteiger partial charge in [-0.1, -0.05) is 25.5 Å². The van der Waals surface area contributed by atoms with Crippen molar-refractivity contribution in [1.29, 1.82) is 0 Å². The summed E-state index contributed by atoms with van der Waals surface area (Å²) in [6, 6.07) is 13.1. The number of amides is 1. The molecule has 2 heterocycles. The predicted octanol–water partition coefficient (Wildman–Crippen LogP) is 3.99. The van der Waals surface area contributed by atoms with Gasteiger partial charge < -0.3 is 14.6 Å². The number of rotatable bonds is 10. The van der Waals surface area contributed by atoms with E-state index in [4.69, 9.17) is 9.72 Å². The molecular formula is C26H34N4O4S. The maximum absolute atomic E-state index is 13.0. The second-order valence-corrected chi connectivity index (χ2v) is 10.7. The van der Waals surface area contributed by atoms with Gasteiger partial charge in [-0.15, -0.1) is 0 Å². The van der Waals surface area contributed by atoms with E-state index >= 15 is 0 Å². The highest BCUT2D eigenvalue weighted by molar-refractivity contribution is 7.89. The highest BCUT2D eigenvalue weighted by atomic mass is 32.2. The van der Waals surface area contributed by atoms with E-state index < -0.39 is 10.0 Å². The fraction of sp³-hybridized carbons (Fsp3) is 0.462. The first kappa shape index (κ1) is 25.3. The van der Waals surface area contributed by atoms with E-state index in [0.29, 0.717) is 51.2 Å². The molecule has 0 bridgehead atoms. The molecule has 8 nitrogen and oxygen atoms in total. The lowest BCUT2D eigenvalue weighted by Gasteiger charge is -2.26. The number of carbonyl (C=O) groups is 1. The minimum absolute atomic E-state index is 0.0726. The smallest absolute Gasteiger partial charge is 0.243 e. The van der Waals surface area contributed by atoms with Crippen LogP contribution in [0.1, 0.15) is 44.5 Å². The van der Waals surface area contributed by atoms with Crippen LogP contribution in [0.15, 0.2) is 47.4 Å². The standard InChI is InChI=1S/C26H34N4O4S/c1-3-5-6-20-7-9-21(10-8-20)27-26(31)14-13-25-28-23-19-22(11-12-24(23)30(25)4-2)35(32,33)29-15-17-34-18-16-29/h7-12,19H,3-6,13-18H2,1-2H3,(H,27,31).